The predicted molar refractivity (Wildman–Crippen MR) is 75.6 cm³/mol. The molecule has 0 radical (unpaired) electrons. The molecule has 104 valence electrons. The Bertz CT molecular complexity index is 717. The lowest BCUT2D eigenvalue weighted by Crippen LogP contribution is -2.28. The first-order chi connectivity index (χ1) is 9.47. The predicted octanol–water partition coefficient (Wildman–Crippen LogP) is 1.37. The zero-order valence-corrected chi connectivity index (χ0v) is 11.7. The molecule has 0 unspecified atom stereocenters. The molecule has 2 rings (SSSR count). The Balaban J connectivity index is 2.11. The highest BCUT2D eigenvalue weighted by molar-refractivity contribution is 9.10. The molecule has 0 spiro atoms. The highest BCUT2D eigenvalue weighted by Crippen LogP contribution is 2.16. The first-order valence-corrected chi connectivity index (χ1v) is 6.31. The van der Waals surface area contributed by atoms with Gasteiger partial charge in [0.25, 0.3) is 5.56 Å². The third kappa shape index (κ3) is 3.21. The first-order valence-electron chi connectivity index (χ1n) is 5.52. The van der Waals surface area contributed by atoms with E-state index in [2.05, 4.69) is 26.2 Å². The van der Waals surface area contributed by atoms with E-state index in [4.69, 9.17) is 5.73 Å². The number of hydrogen-bond donors (Lipinski definition) is 2. The van der Waals surface area contributed by atoms with Crippen molar-refractivity contribution < 1.29 is 9.18 Å². The van der Waals surface area contributed by atoms with Gasteiger partial charge in [-0.1, -0.05) is 0 Å². The summed E-state index contributed by atoms with van der Waals surface area (Å²) >= 11 is 3.03. The maximum absolute atomic E-state index is 13.0. The molecule has 0 fully saturated rings. The average molecular weight is 341 g/mol. The lowest BCUT2D eigenvalue weighted by molar-refractivity contribution is -0.116. The van der Waals surface area contributed by atoms with Crippen molar-refractivity contribution in [3.63, 3.8) is 0 Å². The van der Waals surface area contributed by atoms with Crippen LogP contribution >= 0.6 is 15.9 Å². The van der Waals surface area contributed by atoms with Crippen molar-refractivity contribution in [1.82, 2.24) is 9.55 Å². The number of nitrogen functional groups attached to an aromatic ring is 1. The number of aromatic nitrogens is 2. The van der Waals surface area contributed by atoms with Gasteiger partial charge in [-0.25, -0.2) is 9.37 Å². The number of hydrogen-bond acceptors (Lipinski definition) is 4. The molecule has 1 amide bonds. The van der Waals surface area contributed by atoms with Gasteiger partial charge in [0.1, 0.15) is 16.8 Å². The third-order valence-corrected chi connectivity index (χ3v) is 3.00. The molecule has 3 N–H and O–H groups in total. The molecule has 2 aromatic rings. The van der Waals surface area contributed by atoms with Crippen molar-refractivity contribution >= 4 is 33.2 Å². The number of anilines is 2. The largest absolute Gasteiger partial charge is 0.396 e. The van der Waals surface area contributed by atoms with Crippen LogP contribution in [0, 0.1) is 5.82 Å². The van der Waals surface area contributed by atoms with Gasteiger partial charge < -0.3 is 11.1 Å². The Kier molecular flexibility index (Phi) is 4.14. The van der Waals surface area contributed by atoms with Gasteiger partial charge in [-0.2, -0.15) is 0 Å². The van der Waals surface area contributed by atoms with Crippen LogP contribution in [-0.2, 0) is 11.3 Å². The van der Waals surface area contributed by atoms with E-state index in [1.54, 1.807) is 0 Å². The first kappa shape index (κ1) is 14.2. The van der Waals surface area contributed by atoms with Crippen LogP contribution in [0.2, 0.25) is 0 Å². The number of benzene rings is 1. The van der Waals surface area contributed by atoms with Crippen molar-refractivity contribution in [2.45, 2.75) is 6.54 Å². The van der Waals surface area contributed by atoms with Crippen molar-refractivity contribution in [2.75, 3.05) is 11.1 Å². The van der Waals surface area contributed by atoms with Crippen LogP contribution in [0.5, 0.6) is 0 Å². The van der Waals surface area contributed by atoms with Gasteiger partial charge in [-0.3, -0.25) is 14.2 Å². The van der Waals surface area contributed by atoms with Gasteiger partial charge in [0, 0.05) is 11.9 Å². The van der Waals surface area contributed by atoms with E-state index < -0.39 is 11.7 Å². The number of nitrogens with two attached hydrogens (primary N) is 1. The fourth-order valence-electron chi connectivity index (χ4n) is 1.51. The van der Waals surface area contributed by atoms with Crippen molar-refractivity contribution in [3.05, 3.63) is 51.4 Å². The second-order valence-electron chi connectivity index (χ2n) is 3.96. The van der Waals surface area contributed by atoms with E-state index in [0.717, 1.165) is 10.6 Å². The summed E-state index contributed by atoms with van der Waals surface area (Å²) in [5.41, 5.74) is 5.31. The fraction of sp³-hybridized carbons (Fsp3) is 0.0833. The molecular formula is C12H10BrFN4O2. The average Bonchev–Trinajstić information content (AvgIpc) is 2.39. The van der Waals surface area contributed by atoms with E-state index in [9.17, 15) is 14.0 Å². The molecule has 0 bridgehead atoms. The molecular weight excluding hydrogens is 331 g/mol. The Morgan fingerprint density at radius 1 is 1.50 bits per heavy atom. The molecule has 0 saturated heterocycles. The summed E-state index contributed by atoms with van der Waals surface area (Å²) in [6.45, 7) is -0.206. The topological polar surface area (TPSA) is 90.0 Å². The Morgan fingerprint density at radius 2 is 2.25 bits per heavy atom. The number of amides is 1. The number of carbonyl (C=O) groups is 1. The summed E-state index contributed by atoms with van der Waals surface area (Å²) < 4.78 is 14.4. The minimum Gasteiger partial charge on any atom is -0.396 e. The number of carbonyl (C=O) groups excluding carboxylic acids is 1. The molecule has 8 heteroatoms. The highest BCUT2D eigenvalue weighted by atomic mass is 79.9. The number of nitrogens with one attached hydrogen (secondary N) is 1. The number of nitrogens with zero attached hydrogens (tertiary/aromatic N) is 2. The molecule has 1 aromatic carbocycles. The Labute approximate surface area is 121 Å². The third-order valence-electron chi connectivity index (χ3n) is 2.45. The van der Waals surface area contributed by atoms with E-state index in [1.165, 1.54) is 24.7 Å². The van der Waals surface area contributed by atoms with Crippen LogP contribution in [0.3, 0.4) is 0 Å². The summed E-state index contributed by atoms with van der Waals surface area (Å²) in [6.07, 6.45) is 2.60. The minimum absolute atomic E-state index is 0.0657. The van der Waals surface area contributed by atoms with Crippen LogP contribution in [-0.4, -0.2) is 15.5 Å². The van der Waals surface area contributed by atoms with Crippen LogP contribution in [0.1, 0.15) is 0 Å². The van der Waals surface area contributed by atoms with Gasteiger partial charge in [0.2, 0.25) is 5.91 Å². The molecule has 0 aliphatic heterocycles. The van der Waals surface area contributed by atoms with Gasteiger partial charge >= 0.3 is 0 Å². The molecule has 1 heterocycles. The minimum atomic E-state index is -0.560. The molecule has 0 atom stereocenters. The number of rotatable bonds is 3. The maximum atomic E-state index is 13.0. The number of halogens is 2. The highest BCUT2D eigenvalue weighted by Gasteiger charge is 2.08. The van der Waals surface area contributed by atoms with E-state index in [0.29, 0.717) is 5.69 Å². The summed E-state index contributed by atoms with van der Waals surface area (Å²) in [7, 11) is 0. The smallest absolute Gasteiger partial charge is 0.268 e. The van der Waals surface area contributed by atoms with Crippen LogP contribution in [0.4, 0.5) is 15.8 Å². The second kappa shape index (κ2) is 5.83. The van der Waals surface area contributed by atoms with Gasteiger partial charge in [0.15, 0.2) is 0 Å². The van der Waals surface area contributed by atoms with E-state index in [-0.39, 0.29) is 22.3 Å². The molecule has 0 aliphatic carbocycles. The Morgan fingerprint density at radius 3 is 2.95 bits per heavy atom. The summed E-state index contributed by atoms with van der Waals surface area (Å²) in [4.78, 5) is 27.3. The standard InChI is InChI=1S/C12H10BrFN4O2/c13-8-4-16-6-18(12(8)20)5-11(19)17-7-1-2-9(14)10(15)3-7/h1-4,6H,5,15H2,(H,17,19). The zero-order chi connectivity index (χ0) is 14.7. The monoisotopic (exact) mass is 340 g/mol. The molecule has 0 saturated carbocycles. The molecule has 0 aliphatic rings. The summed E-state index contributed by atoms with van der Waals surface area (Å²) in [5.74, 6) is -1.01. The van der Waals surface area contributed by atoms with Gasteiger partial charge in [-0.05, 0) is 34.1 Å². The maximum Gasteiger partial charge on any atom is 0.268 e. The lowest BCUT2D eigenvalue weighted by atomic mass is 10.2. The quantitative estimate of drug-likeness (QED) is 0.825. The zero-order valence-electron chi connectivity index (χ0n) is 10.1. The SMILES string of the molecule is Nc1cc(NC(=O)Cn2cncc(Br)c2=O)ccc1F. The van der Waals surface area contributed by atoms with Crippen molar-refractivity contribution in [2.24, 2.45) is 0 Å². The second-order valence-corrected chi connectivity index (χ2v) is 4.81. The van der Waals surface area contributed by atoms with Crippen LogP contribution in [0.25, 0.3) is 0 Å². The lowest BCUT2D eigenvalue weighted by Gasteiger charge is -2.08. The normalized spacial score (nSPS) is 10.3. The van der Waals surface area contributed by atoms with Gasteiger partial charge in [0.05, 0.1) is 12.0 Å². The van der Waals surface area contributed by atoms with Crippen molar-refractivity contribution in [1.29, 1.82) is 0 Å². The van der Waals surface area contributed by atoms with Crippen LogP contribution < -0.4 is 16.6 Å². The molecule has 6 nitrogen and oxygen atoms in total. The van der Waals surface area contributed by atoms with E-state index in [1.807, 2.05) is 0 Å². The van der Waals surface area contributed by atoms with E-state index >= 15 is 0 Å². The molecule has 20 heavy (non-hydrogen) atoms. The Hall–Kier alpha value is -2.22. The van der Waals surface area contributed by atoms with Crippen molar-refractivity contribution in [3.8, 4) is 0 Å². The molecule has 1 aromatic heterocycles. The van der Waals surface area contributed by atoms with Gasteiger partial charge in [-0.15, -0.1) is 0 Å². The fourth-order valence-corrected chi connectivity index (χ4v) is 1.86. The van der Waals surface area contributed by atoms with Crippen LogP contribution in [0.15, 0.2) is 40.0 Å². The summed E-state index contributed by atoms with van der Waals surface area (Å²) in [6, 6.07) is 3.83. The summed E-state index contributed by atoms with van der Waals surface area (Å²) in [5, 5.41) is 2.52.